The lowest BCUT2D eigenvalue weighted by atomic mass is 10.2. The first-order valence-electron chi connectivity index (χ1n) is 5.19. The summed E-state index contributed by atoms with van der Waals surface area (Å²) < 4.78 is 57.4. The lowest BCUT2D eigenvalue weighted by Gasteiger charge is -2.29. The number of morpholine rings is 1. The molecule has 1 amide bonds. The van der Waals surface area contributed by atoms with Gasteiger partial charge in [-0.1, -0.05) is 0 Å². The van der Waals surface area contributed by atoms with Crippen LogP contribution in [0.25, 0.3) is 0 Å². The van der Waals surface area contributed by atoms with Gasteiger partial charge in [-0.25, -0.2) is 0 Å². The van der Waals surface area contributed by atoms with Gasteiger partial charge < -0.3 is 10.1 Å². The van der Waals surface area contributed by atoms with Crippen molar-refractivity contribution in [3.8, 4) is 0 Å². The van der Waals surface area contributed by atoms with E-state index in [0.717, 1.165) is 12.5 Å². The molecule has 0 saturated carbocycles. The first-order valence-corrected chi connectivity index (χ1v) is 8.82. The van der Waals surface area contributed by atoms with Crippen molar-refractivity contribution in [1.82, 2.24) is 5.32 Å². The first kappa shape index (κ1) is 16.3. The van der Waals surface area contributed by atoms with Crippen LogP contribution in [0.5, 0.6) is 0 Å². The van der Waals surface area contributed by atoms with Crippen molar-refractivity contribution >= 4 is 26.1 Å². The zero-order valence-electron chi connectivity index (χ0n) is 10.4. The molecule has 1 rings (SSSR count). The highest BCUT2D eigenvalue weighted by molar-refractivity contribution is 7.86. The molecule has 1 aliphatic heterocycles. The zero-order chi connectivity index (χ0) is 14.7. The summed E-state index contributed by atoms with van der Waals surface area (Å²) >= 11 is 0. The van der Waals surface area contributed by atoms with Crippen molar-refractivity contribution < 1.29 is 34.7 Å². The monoisotopic (exact) mass is 317 g/mol. The van der Waals surface area contributed by atoms with E-state index in [1.54, 1.807) is 0 Å². The van der Waals surface area contributed by atoms with Gasteiger partial charge in [0, 0.05) is 6.54 Å². The van der Waals surface area contributed by atoms with E-state index < -0.39 is 45.0 Å². The van der Waals surface area contributed by atoms with Gasteiger partial charge in [-0.15, -0.1) is 0 Å². The highest BCUT2D eigenvalue weighted by Crippen LogP contribution is 2.08. The molecule has 0 bridgehead atoms. The van der Waals surface area contributed by atoms with Crippen molar-refractivity contribution in [2.45, 2.75) is 12.2 Å². The molecule has 0 aliphatic carbocycles. The minimum absolute atomic E-state index is 0.0731. The van der Waals surface area contributed by atoms with E-state index in [4.69, 9.17) is 4.74 Å². The molecule has 1 fully saturated rings. The maximum Gasteiger partial charge on any atom is 0.264 e. The normalized spacial score (nSPS) is 25.1. The number of carbonyl (C=O) groups is 1. The summed E-state index contributed by atoms with van der Waals surface area (Å²) in [6.45, 7) is -0.668. The van der Waals surface area contributed by atoms with Crippen molar-refractivity contribution in [1.29, 1.82) is 0 Å². The Morgan fingerprint density at radius 1 is 1.16 bits per heavy atom. The number of carbonyl (C=O) groups excluding carboxylic acids is 1. The van der Waals surface area contributed by atoms with Gasteiger partial charge in [0.2, 0.25) is 0 Å². The van der Waals surface area contributed by atoms with Crippen LogP contribution < -0.4 is 5.32 Å². The first-order chi connectivity index (χ1) is 8.57. The maximum atomic E-state index is 11.4. The molecule has 11 heteroatoms. The van der Waals surface area contributed by atoms with Crippen LogP contribution in [0.2, 0.25) is 0 Å². The molecule has 1 saturated heterocycles. The fraction of sp³-hybridized carbons (Fsp3) is 0.875. The third-order valence-corrected chi connectivity index (χ3v) is 3.18. The fourth-order valence-electron chi connectivity index (χ4n) is 1.27. The van der Waals surface area contributed by atoms with E-state index in [1.807, 2.05) is 0 Å². The molecule has 1 heterocycles. The van der Waals surface area contributed by atoms with Gasteiger partial charge in [-0.2, -0.15) is 16.8 Å². The van der Waals surface area contributed by atoms with E-state index in [1.165, 1.54) is 0 Å². The number of ether oxygens (including phenoxy) is 1. The van der Waals surface area contributed by atoms with Crippen molar-refractivity contribution in [2.75, 3.05) is 32.3 Å². The Morgan fingerprint density at radius 3 is 2.21 bits per heavy atom. The van der Waals surface area contributed by atoms with Crippen molar-refractivity contribution in [3.05, 3.63) is 0 Å². The highest BCUT2D eigenvalue weighted by atomic mass is 32.2. The molecule has 1 unspecified atom stereocenters. The van der Waals surface area contributed by atoms with Crippen LogP contribution >= 0.6 is 0 Å². The van der Waals surface area contributed by atoms with Crippen LogP contribution in [0.15, 0.2) is 0 Å². The van der Waals surface area contributed by atoms with Crippen molar-refractivity contribution in [3.63, 3.8) is 0 Å². The molecule has 0 spiro atoms. The summed E-state index contributed by atoms with van der Waals surface area (Å²) in [7, 11) is -7.30. The second-order valence-corrected chi connectivity index (χ2v) is 7.26. The minimum Gasteiger partial charge on any atom is -0.358 e. The molecule has 9 nitrogen and oxygen atoms in total. The zero-order valence-corrected chi connectivity index (χ0v) is 12.0. The Hall–Kier alpha value is -0.750. The third-order valence-electron chi connectivity index (χ3n) is 2.05. The predicted molar refractivity (Wildman–Crippen MR) is 63.3 cm³/mol. The molecule has 19 heavy (non-hydrogen) atoms. The fourth-order valence-corrected chi connectivity index (χ4v) is 2.04. The molecule has 1 aliphatic rings. The van der Waals surface area contributed by atoms with Gasteiger partial charge in [-0.3, -0.25) is 13.2 Å². The molecule has 0 radical (unpaired) electrons. The van der Waals surface area contributed by atoms with Gasteiger partial charge in [0.05, 0.1) is 19.1 Å². The van der Waals surface area contributed by atoms with Gasteiger partial charge in [-0.05, 0) is 0 Å². The molecular formula is C8H15NO8S2. The van der Waals surface area contributed by atoms with Gasteiger partial charge >= 0.3 is 0 Å². The third kappa shape index (κ3) is 6.82. The van der Waals surface area contributed by atoms with E-state index in [0.29, 0.717) is 0 Å². The number of rotatable bonds is 6. The van der Waals surface area contributed by atoms with Gasteiger partial charge in [0.1, 0.15) is 12.7 Å². The molecular weight excluding hydrogens is 302 g/mol. The summed E-state index contributed by atoms with van der Waals surface area (Å²) in [5, 5.41) is 2.44. The maximum absolute atomic E-state index is 11.4. The average molecular weight is 317 g/mol. The summed E-state index contributed by atoms with van der Waals surface area (Å²) in [4.78, 5) is 11.4. The minimum atomic E-state index is -3.69. The standard InChI is InChI=1S/C8H15NO8S2/c1-18(11,12)15-4-6-3-9-8(10)7(17-6)5-16-19(2,13)14/h6-7H,3-5H2,1-2H3,(H,9,10)/t6-,7?/m1/s1. The van der Waals surface area contributed by atoms with Crippen LogP contribution in [0.1, 0.15) is 0 Å². The van der Waals surface area contributed by atoms with Crippen LogP contribution in [0.3, 0.4) is 0 Å². The summed E-state index contributed by atoms with van der Waals surface area (Å²) in [5.74, 6) is -0.528. The summed E-state index contributed by atoms with van der Waals surface area (Å²) in [5.41, 5.74) is 0. The second-order valence-electron chi connectivity index (χ2n) is 3.97. The Kier molecular flexibility index (Phi) is 5.26. The molecule has 0 aromatic heterocycles. The number of hydrogen-bond donors (Lipinski definition) is 1. The van der Waals surface area contributed by atoms with Crippen LogP contribution in [0.4, 0.5) is 0 Å². The second kappa shape index (κ2) is 6.13. The molecule has 112 valence electrons. The lowest BCUT2D eigenvalue weighted by molar-refractivity contribution is -0.149. The molecule has 1 N–H and O–H groups in total. The Labute approximate surface area is 111 Å². The SMILES string of the molecule is CS(=O)(=O)OCC1O[C@@H](COS(C)(=O)=O)CNC1=O. The molecule has 0 aromatic carbocycles. The topological polar surface area (TPSA) is 125 Å². The van der Waals surface area contributed by atoms with Gasteiger partial charge in [0.15, 0.2) is 6.10 Å². The summed E-state index contributed by atoms with van der Waals surface area (Å²) in [6.07, 6.45) is -0.0892. The van der Waals surface area contributed by atoms with Crippen LogP contribution in [-0.2, 0) is 38.1 Å². The van der Waals surface area contributed by atoms with E-state index in [9.17, 15) is 21.6 Å². The largest absolute Gasteiger partial charge is 0.358 e. The Balaban J connectivity index is 2.51. The predicted octanol–water partition coefficient (Wildman–Crippen LogP) is -2.18. The quantitative estimate of drug-likeness (QED) is 0.548. The van der Waals surface area contributed by atoms with Crippen LogP contribution in [-0.4, -0.2) is 67.2 Å². The number of amides is 1. The Bertz CT molecular complexity index is 525. The average Bonchev–Trinajstić information content (AvgIpc) is 2.24. The summed E-state index contributed by atoms with van der Waals surface area (Å²) in [6, 6.07) is 0. The van der Waals surface area contributed by atoms with E-state index in [2.05, 4.69) is 13.7 Å². The van der Waals surface area contributed by atoms with E-state index in [-0.39, 0.29) is 13.2 Å². The lowest BCUT2D eigenvalue weighted by Crippen LogP contribution is -2.52. The van der Waals surface area contributed by atoms with E-state index >= 15 is 0 Å². The molecule has 2 atom stereocenters. The number of nitrogens with one attached hydrogen (secondary N) is 1. The molecule has 0 aromatic rings. The van der Waals surface area contributed by atoms with Crippen molar-refractivity contribution in [2.24, 2.45) is 0 Å². The van der Waals surface area contributed by atoms with Gasteiger partial charge in [0.25, 0.3) is 26.1 Å². The number of hydrogen-bond acceptors (Lipinski definition) is 8. The highest BCUT2D eigenvalue weighted by Gasteiger charge is 2.31. The van der Waals surface area contributed by atoms with Crippen LogP contribution in [0, 0.1) is 0 Å². The smallest absolute Gasteiger partial charge is 0.264 e. The Morgan fingerprint density at radius 2 is 1.68 bits per heavy atom.